The number of fused-ring (bicyclic) bond motifs is 1. The zero-order valence-electron chi connectivity index (χ0n) is 14.5. The largest absolute Gasteiger partial charge is 0.478 e. The SMILES string of the molecule is Cc1c(C(=O)O)c(NCC(c2ccco2)N(C)C)nc2ccccc12. The molecular weight excluding hydrogens is 318 g/mol. The van der Waals surface area contributed by atoms with Crippen LogP contribution in [0.5, 0.6) is 0 Å². The van der Waals surface area contributed by atoms with E-state index < -0.39 is 5.97 Å². The molecule has 2 N–H and O–H groups in total. The monoisotopic (exact) mass is 339 g/mol. The Labute approximate surface area is 146 Å². The number of hydrogen-bond donors (Lipinski definition) is 2. The van der Waals surface area contributed by atoms with E-state index >= 15 is 0 Å². The highest BCUT2D eigenvalue weighted by Gasteiger charge is 2.21. The Morgan fingerprint density at radius 2 is 2.04 bits per heavy atom. The number of hydrogen-bond acceptors (Lipinski definition) is 5. The predicted molar refractivity (Wildman–Crippen MR) is 97.1 cm³/mol. The first-order valence-corrected chi connectivity index (χ1v) is 8.05. The van der Waals surface area contributed by atoms with Gasteiger partial charge in [-0.2, -0.15) is 0 Å². The molecule has 0 fully saturated rings. The van der Waals surface area contributed by atoms with E-state index in [0.29, 0.717) is 17.9 Å². The lowest BCUT2D eigenvalue weighted by atomic mass is 10.0. The van der Waals surface area contributed by atoms with Gasteiger partial charge in [0.25, 0.3) is 0 Å². The number of rotatable bonds is 6. The molecule has 3 rings (SSSR count). The highest BCUT2D eigenvalue weighted by Crippen LogP contribution is 2.27. The van der Waals surface area contributed by atoms with Crippen LogP contribution in [0.1, 0.15) is 27.7 Å². The van der Waals surface area contributed by atoms with Gasteiger partial charge in [0.05, 0.1) is 17.8 Å². The first-order valence-electron chi connectivity index (χ1n) is 8.05. The van der Waals surface area contributed by atoms with Crippen molar-refractivity contribution in [1.82, 2.24) is 9.88 Å². The summed E-state index contributed by atoms with van der Waals surface area (Å²) in [5, 5.41) is 13.7. The number of pyridine rings is 1. The van der Waals surface area contributed by atoms with Gasteiger partial charge in [0.1, 0.15) is 17.1 Å². The van der Waals surface area contributed by atoms with Crippen LogP contribution in [0.3, 0.4) is 0 Å². The number of carbonyl (C=O) groups is 1. The van der Waals surface area contributed by atoms with E-state index in [4.69, 9.17) is 4.42 Å². The molecule has 6 heteroatoms. The lowest BCUT2D eigenvalue weighted by molar-refractivity contribution is 0.0697. The number of carboxylic acid groups (broad SMARTS) is 1. The number of carboxylic acids is 1. The maximum absolute atomic E-state index is 11.8. The molecule has 0 aliphatic heterocycles. The lowest BCUT2D eigenvalue weighted by Gasteiger charge is -2.23. The van der Waals surface area contributed by atoms with Crippen LogP contribution in [0.25, 0.3) is 10.9 Å². The third-order valence-electron chi connectivity index (χ3n) is 4.32. The van der Waals surface area contributed by atoms with Crippen molar-refractivity contribution in [3.05, 3.63) is 59.5 Å². The molecular formula is C19H21N3O3. The second-order valence-electron chi connectivity index (χ2n) is 6.16. The van der Waals surface area contributed by atoms with Crippen LogP contribution in [0.2, 0.25) is 0 Å². The van der Waals surface area contributed by atoms with Gasteiger partial charge in [-0.3, -0.25) is 4.90 Å². The van der Waals surface area contributed by atoms with Gasteiger partial charge in [-0.15, -0.1) is 0 Å². The van der Waals surface area contributed by atoms with Crippen LogP contribution in [-0.4, -0.2) is 41.6 Å². The van der Waals surface area contributed by atoms with Crippen molar-refractivity contribution in [3.8, 4) is 0 Å². The minimum absolute atomic E-state index is 0.0368. The van der Waals surface area contributed by atoms with Crippen LogP contribution in [-0.2, 0) is 0 Å². The fourth-order valence-corrected chi connectivity index (χ4v) is 2.98. The summed E-state index contributed by atoms with van der Waals surface area (Å²) in [5.41, 5.74) is 1.68. The van der Waals surface area contributed by atoms with E-state index in [1.54, 1.807) is 6.26 Å². The third kappa shape index (κ3) is 3.34. The average Bonchev–Trinajstić information content (AvgIpc) is 3.08. The molecule has 3 aromatic rings. The summed E-state index contributed by atoms with van der Waals surface area (Å²) in [6.45, 7) is 2.29. The molecule has 0 spiro atoms. The molecule has 1 unspecified atom stereocenters. The van der Waals surface area contributed by atoms with Crippen LogP contribution >= 0.6 is 0 Å². The van der Waals surface area contributed by atoms with Crippen LogP contribution in [0.4, 0.5) is 5.82 Å². The molecule has 0 bridgehead atoms. The van der Waals surface area contributed by atoms with Crippen molar-refractivity contribution in [3.63, 3.8) is 0 Å². The maximum Gasteiger partial charge on any atom is 0.339 e. The van der Waals surface area contributed by atoms with Gasteiger partial charge in [0.15, 0.2) is 0 Å². The summed E-state index contributed by atoms with van der Waals surface area (Å²) in [6, 6.07) is 11.3. The quantitative estimate of drug-likeness (QED) is 0.715. The molecule has 2 aromatic heterocycles. The molecule has 1 atom stereocenters. The fraction of sp³-hybridized carbons (Fsp3) is 0.263. The normalized spacial score (nSPS) is 12.5. The highest BCUT2D eigenvalue weighted by atomic mass is 16.4. The molecule has 0 radical (unpaired) electrons. The number of aromatic carboxylic acids is 1. The van der Waals surface area contributed by atoms with Gasteiger partial charge in [0, 0.05) is 11.9 Å². The molecule has 0 saturated carbocycles. The molecule has 0 aliphatic rings. The fourth-order valence-electron chi connectivity index (χ4n) is 2.98. The van der Waals surface area contributed by atoms with Gasteiger partial charge in [-0.05, 0) is 44.8 Å². The van der Waals surface area contributed by atoms with Crippen LogP contribution in [0.15, 0.2) is 47.1 Å². The van der Waals surface area contributed by atoms with Crippen molar-refractivity contribution >= 4 is 22.7 Å². The molecule has 2 heterocycles. The molecule has 25 heavy (non-hydrogen) atoms. The minimum atomic E-state index is -0.988. The molecule has 0 saturated heterocycles. The van der Waals surface area contributed by atoms with Gasteiger partial charge in [-0.1, -0.05) is 18.2 Å². The van der Waals surface area contributed by atoms with E-state index in [1.807, 2.05) is 62.3 Å². The summed E-state index contributed by atoms with van der Waals surface area (Å²) in [4.78, 5) is 18.3. The Hall–Kier alpha value is -2.86. The van der Waals surface area contributed by atoms with E-state index in [2.05, 4.69) is 10.3 Å². The smallest absolute Gasteiger partial charge is 0.339 e. The molecule has 130 valence electrons. The molecule has 1 aromatic carbocycles. The second-order valence-corrected chi connectivity index (χ2v) is 6.16. The lowest BCUT2D eigenvalue weighted by Crippen LogP contribution is -2.27. The number of likely N-dealkylation sites (N-methyl/N-ethyl adjacent to an activating group) is 1. The summed E-state index contributed by atoms with van der Waals surface area (Å²) in [7, 11) is 3.90. The number of anilines is 1. The zero-order chi connectivity index (χ0) is 18.0. The first-order chi connectivity index (χ1) is 12.0. The highest BCUT2D eigenvalue weighted by molar-refractivity contribution is 6.01. The van der Waals surface area contributed by atoms with E-state index in [1.165, 1.54) is 0 Å². The Morgan fingerprint density at radius 1 is 1.28 bits per heavy atom. The summed E-state index contributed by atoms with van der Waals surface area (Å²) in [5.74, 6) is 0.201. The van der Waals surface area contributed by atoms with Crippen molar-refractivity contribution in [2.75, 3.05) is 26.0 Å². The Balaban J connectivity index is 1.97. The topological polar surface area (TPSA) is 78.6 Å². The number of aryl methyl sites for hydroxylation is 1. The van der Waals surface area contributed by atoms with E-state index in [-0.39, 0.29) is 11.6 Å². The summed E-state index contributed by atoms with van der Waals surface area (Å²) >= 11 is 0. The number of furan rings is 1. The summed E-state index contributed by atoms with van der Waals surface area (Å²) < 4.78 is 5.50. The van der Waals surface area contributed by atoms with Crippen molar-refractivity contribution in [2.45, 2.75) is 13.0 Å². The number of para-hydroxylation sites is 1. The maximum atomic E-state index is 11.8. The number of aromatic nitrogens is 1. The van der Waals surface area contributed by atoms with Gasteiger partial charge in [-0.25, -0.2) is 9.78 Å². The van der Waals surface area contributed by atoms with E-state index in [9.17, 15) is 9.90 Å². The zero-order valence-corrected chi connectivity index (χ0v) is 14.5. The van der Waals surface area contributed by atoms with Gasteiger partial charge >= 0.3 is 5.97 Å². The second kappa shape index (κ2) is 6.94. The first kappa shape index (κ1) is 17.0. The molecule has 0 amide bonds. The van der Waals surface area contributed by atoms with Crippen molar-refractivity contribution in [1.29, 1.82) is 0 Å². The molecule has 0 aliphatic carbocycles. The van der Waals surface area contributed by atoms with Crippen LogP contribution in [0, 0.1) is 6.92 Å². The molecule has 6 nitrogen and oxygen atoms in total. The average molecular weight is 339 g/mol. The Morgan fingerprint density at radius 3 is 2.68 bits per heavy atom. The van der Waals surface area contributed by atoms with Crippen molar-refractivity contribution in [2.24, 2.45) is 0 Å². The standard InChI is InChI=1S/C19H21N3O3/c1-12-13-7-4-5-8-14(13)21-18(17(12)19(23)24)20-11-15(22(2)3)16-9-6-10-25-16/h4-10,15H,11H2,1-3H3,(H,20,21)(H,23,24). The van der Waals surface area contributed by atoms with Gasteiger partial charge in [0.2, 0.25) is 0 Å². The number of nitrogens with zero attached hydrogens (tertiary/aromatic N) is 2. The Bertz CT molecular complexity index is 888. The minimum Gasteiger partial charge on any atom is -0.478 e. The van der Waals surface area contributed by atoms with Gasteiger partial charge < -0.3 is 14.8 Å². The Kier molecular flexibility index (Phi) is 4.72. The van der Waals surface area contributed by atoms with Crippen molar-refractivity contribution < 1.29 is 14.3 Å². The summed E-state index contributed by atoms with van der Waals surface area (Å²) in [6.07, 6.45) is 1.63. The third-order valence-corrected chi connectivity index (χ3v) is 4.32. The predicted octanol–water partition coefficient (Wildman–Crippen LogP) is 3.55. The van der Waals surface area contributed by atoms with Crippen LogP contribution < -0.4 is 5.32 Å². The number of nitrogens with one attached hydrogen (secondary N) is 1. The van der Waals surface area contributed by atoms with E-state index in [0.717, 1.165) is 16.7 Å². The number of benzene rings is 1.